The lowest BCUT2D eigenvalue weighted by molar-refractivity contribution is -0.126. The Bertz CT molecular complexity index is 571. The normalized spacial score (nSPS) is 20.8. The van der Waals surface area contributed by atoms with E-state index in [1.54, 1.807) is 0 Å². The monoisotopic (exact) mass is 318 g/mol. The number of benzene rings is 1. The van der Waals surface area contributed by atoms with Crippen LogP contribution in [0.5, 0.6) is 5.75 Å². The molecule has 5 nitrogen and oxygen atoms in total. The van der Waals surface area contributed by atoms with E-state index in [1.165, 1.54) is 11.1 Å². The van der Waals surface area contributed by atoms with E-state index in [9.17, 15) is 9.59 Å². The van der Waals surface area contributed by atoms with Crippen molar-refractivity contribution in [2.24, 2.45) is 11.7 Å². The number of carbonyl (C=O) groups is 2. The molecule has 0 spiro atoms. The summed E-state index contributed by atoms with van der Waals surface area (Å²) in [5, 5.41) is 2.94. The summed E-state index contributed by atoms with van der Waals surface area (Å²) in [5.74, 6) is 0.121. The minimum Gasteiger partial charge on any atom is -0.493 e. The molecule has 1 saturated carbocycles. The molecule has 0 bridgehead atoms. The number of ether oxygens (including phenoxy) is 1. The first-order chi connectivity index (χ1) is 11.0. The molecular weight excluding hydrogens is 292 g/mol. The Labute approximate surface area is 137 Å². The van der Waals surface area contributed by atoms with E-state index in [1.807, 2.05) is 32.0 Å². The molecule has 23 heavy (non-hydrogen) atoms. The number of rotatable bonds is 6. The van der Waals surface area contributed by atoms with E-state index in [-0.39, 0.29) is 30.2 Å². The molecule has 0 unspecified atom stereocenters. The number of aryl methyl sites for hydroxylation is 2. The van der Waals surface area contributed by atoms with Crippen molar-refractivity contribution >= 4 is 11.8 Å². The van der Waals surface area contributed by atoms with Crippen molar-refractivity contribution in [2.45, 2.75) is 52.0 Å². The van der Waals surface area contributed by atoms with Crippen LogP contribution in [0.15, 0.2) is 18.2 Å². The smallest absolute Gasteiger partial charge is 0.223 e. The van der Waals surface area contributed by atoms with Crippen LogP contribution < -0.4 is 15.8 Å². The van der Waals surface area contributed by atoms with Crippen molar-refractivity contribution in [1.29, 1.82) is 0 Å². The lowest BCUT2D eigenvalue weighted by Gasteiger charge is -2.29. The molecule has 1 aromatic carbocycles. The number of hydrogen-bond donors (Lipinski definition) is 2. The number of hydrogen-bond acceptors (Lipinski definition) is 3. The third-order valence-electron chi connectivity index (χ3n) is 4.55. The third-order valence-corrected chi connectivity index (χ3v) is 4.55. The van der Waals surface area contributed by atoms with Gasteiger partial charge in [0.1, 0.15) is 5.75 Å². The molecular formula is C18H26N2O3. The minimum absolute atomic E-state index is 0.0908. The molecule has 1 fully saturated rings. The number of carbonyl (C=O) groups excluding carboxylic acids is 2. The molecule has 5 heteroatoms. The molecule has 0 aliphatic heterocycles. The number of primary amides is 1. The predicted molar refractivity (Wildman–Crippen MR) is 89.1 cm³/mol. The fraction of sp³-hybridized carbons (Fsp3) is 0.556. The van der Waals surface area contributed by atoms with Crippen molar-refractivity contribution < 1.29 is 14.3 Å². The van der Waals surface area contributed by atoms with Gasteiger partial charge in [-0.25, -0.2) is 0 Å². The standard InChI is InChI=1S/C18H26N2O3/c1-12-7-8-14(11-13(12)2)23-10-9-17(21)20-16-6-4-3-5-15(16)18(19)22/h7-8,11,15-16H,3-6,9-10H2,1-2H3,(H2,19,22)(H,20,21)/t15-,16+/m1/s1. The molecule has 0 aromatic heterocycles. The first kappa shape index (κ1) is 17.3. The Balaban J connectivity index is 1.78. The molecule has 1 aliphatic carbocycles. The molecule has 2 atom stereocenters. The van der Waals surface area contributed by atoms with Gasteiger partial charge in [0.2, 0.25) is 11.8 Å². The van der Waals surface area contributed by atoms with Gasteiger partial charge >= 0.3 is 0 Å². The van der Waals surface area contributed by atoms with E-state index in [4.69, 9.17) is 10.5 Å². The van der Waals surface area contributed by atoms with Gasteiger partial charge in [0.15, 0.2) is 0 Å². The molecule has 3 N–H and O–H groups in total. The van der Waals surface area contributed by atoms with Gasteiger partial charge in [0.05, 0.1) is 18.9 Å². The van der Waals surface area contributed by atoms with Crippen LogP contribution in [0.2, 0.25) is 0 Å². The number of nitrogens with two attached hydrogens (primary N) is 1. The van der Waals surface area contributed by atoms with E-state index in [0.717, 1.165) is 31.4 Å². The van der Waals surface area contributed by atoms with Gasteiger partial charge in [-0.15, -0.1) is 0 Å². The Kier molecular flexibility index (Phi) is 6.02. The minimum atomic E-state index is -0.318. The van der Waals surface area contributed by atoms with Crippen LogP contribution in [-0.4, -0.2) is 24.5 Å². The lowest BCUT2D eigenvalue weighted by Crippen LogP contribution is -2.47. The molecule has 2 amide bonds. The van der Waals surface area contributed by atoms with Gasteiger partial charge in [0, 0.05) is 6.04 Å². The highest BCUT2D eigenvalue weighted by molar-refractivity contribution is 5.80. The number of nitrogens with one attached hydrogen (secondary N) is 1. The third kappa shape index (κ3) is 4.98. The molecule has 0 heterocycles. The van der Waals surface area contributed by atoms with Crippen LogP contribution in [0.4, 0.5) is 0 Å². The summed E-state index contributed by atoms with van der Waals surface area (Å²) in [5.41, 5.74) is 7.80. The average Bonchev–Trinajstić information content (AvgIpc) is 2.51. The maximum atomic E-state index is 12.0. The van der Waals surface area contributed by atoms with Gasteiger partial charge in [-0.1, -0.05) is 18.9 Å². The highest BCUT2D eigenvalue weighted by Crippen LogP contribution is 2.24. The Morgan fingerprint density at radius 2 is 1.96 bits per heavy atom. The molecule has 0 radical (unpaired) electrons. The summed E-state index contributed by atoms with van der Waals surface area (Å²) in [6, 6.07) is 5.75. The molecule has 2 rings (SSSR count). The second kappa shape index (κ2) is 7.99. The Morgan fingerprint density at radius 3 is 2.65 bits per heavy atom. The zero-order valence-corrected chi connectivity index (χ0v) is 13.9. The zero-order chi connectivity index (χ0) is 16.8. The van der Waals surface area contributed by atoms with E-state index in [0.29, 0.717) is 6.61 Å². The van der Waals surface area contributed by atoms with Crippen LogP contribution in [0.1, 0.15) is 43.2 Å². The zero-order valence-electron chi connectivity index (χ0n) is 13.9. The quantitative estimate of drug-likeness (QED) is 0.844. The fourth-order valence-corrected chi connectivity index (χ4v) is 2.99. The molecule has 1 aromatic rings. The van der Waals surface area contributed by atoms with Gasteiger partial charge < -0.3 is 15.8 Å². The maximum absolute atomic E-state index is 12.0. The summed E-state index contributed by atoms with van der Waals surface area (Å²) < 4.78 is 5.62. The fourth-order valence-electron chi connectivity index (χ4n) is 2.99. The van der Waals surface area contributed by atoms with E-state index >= 15 is 0 Å². The Morgan fingerprint density at radius 1 is 1.22 bits per heavy atom. The van der Waals surface area contributed by atoms with Gasteiger partial charge in [-0.05, 0) is 49.9 Å². The first-order valence-electron chi connectivity index (χ1n) is 8.26. The topological polar surface area (TPSA) is 81.4 Å². The van der Waals surface area contributed by atoms with Gasteiger partial charge in [-0.3, -0.25) is 9.59 Å². The second-order valence-corrected chi connectivity index (χ2v) is 6.31. The van der Waals surface area contributed by atoms with Crippen LogP contribution in [0.25, 0.3) is 0 Å². The highest BCUT2D eigenvalue weighted by Gasteiger charge is 2.30. The largest absolute Gasteiger partial charge is 0.493 e. The highest BCUT2D eigenvalue weighted by atomic mass is 16.5. The van der Waals surface area contributed by atoms with Crippen molar-refractivity contribution in [2.75, 3.05) is 6.61 Å². The van der Waals surface area contributed by atoms with Crippen LogP contribution >= 0.6 is 0 Å². The van der Waals surface area contributed by atoms with Crippen LogP contribution in [0, 0.1) is 19.8 Å². The van der Waals surface area contributed by atoms with Crippen molar-refractivity contribution in [3.63, 3.8) is 0 Å². The molecule has 1 aliphatic rings. The summed E-state index contributed by atoms with van der Waals surface area (Å²) in [6.45, 7) is 4.40. The van der Waals surface area contributed by atoms with Crippen molar-refractivity contribution in [3.8, 4) is 5.75 Å². The summed E-state index contributed by atoms with van der Waals surface area (Å²) in [4.78, 5) is 23.5. The van der Waals surface area contributed by atoms with Crippen molar-refractivity contribution in [3.05, 3.63) is 29.3 Å². The summed E-state index contributed by atoms with van der Waals surface area (Å²) in [7, 11) is 0. The molecule has 126 valence electrons. The van der Waals surface area contributed by atoms with Crippen LogP contribution in [-0.2, 0) is 9.59 Å². The van der Waals surface area contributed by atoms with Gasteiger partial charge in [-0.2, -0.15) is 0 Å². The van der Waals surface area contributed by atoms with Crippen LogP contribution in [0.3, 0.4) is 0 Å². The average molecular weight is 318 g/mol. The van der Waals surface area contributed by atoms with Gasteiger partial charge in [0.25, 0.3) is 0 Å². The second-order valence-electron chi connectivity index (χ2n) is 6.31. The predicted octanol–water partition coefficient (Wildman–Crippen LogP) is 2.23. The maximum Gasteiger partial charge on any atom is 0.223 e. The van der Waals surface area contributed by atoms with E-state index < -0.39 is 0 Å². The molecule has 0 saturated heterocycles. The lowest BCUT2D eigenvalue weighted by atomic mass is 9.84. The van der Waals surface area contributed by atoms with E-state index in [2.05, 4.69) is 5.32 Å². The SMILES string of the molecule is Cc1ccc(OCCC(=O)N[C@H]2CCCC[C@H]2C(N)=O)cc1C. The Hall–Kier alpha value is -2.04. The number of amides is 2. The summed E-state index contributed by atoms with van der Waals surface area (Å²) in [6.07, 6.45) is 3.87. The summed E-state index contributed by atoms with van der Waals surface area (Å²) >= 11 is 0. The first-order valence-corrected chi connectivity index (χ1v) is 8.26. The van der Waals surface area contributed by atoms with Crippen molar-refractivity contribution in [1.82, 2.24) is 5.32 Å².